The quantitative estimate of drug-likeness (QED) is 0.354. The van der Waals surface area contributed by atoms with Gasteiger partial charge in [-0.25, -0.2) is 0 Å². The van der Waals surface area contributed by atoms with Crippen LogP contribution < -0.4 is 5.73 Å². The van der Waals surface area contributed by atoms with Gasteiger partial charge in [-0.1, -0.05) is 5.16 Å². The highest BCUT2D eigenvalue weighted by atomic mass is 16.4. The number of nitrogens with two attached hydrogens (primary N) is 1. The van der Waals surface area contributed by atoms with Crippen molar-refractivity contribution in [1.29, 1.82) is 0 Å². The summed E-state index contributed by atoms with van der Waals surface area (Å²) in [6.45, 7) is 6.55. The highest BCUT2D eigenvalue weighted by Crippen LogP contribution is 2.15. The summed E-state index contributed by atoms with van der Waals surface area (Å²) in [4.78, 5) is 14.1. The van der Waals surface area contributed by atoms with Gasteiger partial charge in [-0.3, -0.25) is 9.48 Å². The Bertz CT molecular complexity index is 493. The largest absolute Gasteiger partial charge is 0.409 e. The van der Waals surface area contributed by atoms with E-state index in [4.69, 9.17) is 10.9 Å². The third-order valence-electron chi connectivity index (χ3n) is 3.16. The van der Waals surface area contributed by atoms with Crippen molar-refractivity contribution >= 4 is 11.7 Å². The second-order valence-electron chi connectivity index (χ2n) is 4.40. The number of aromatic nitrogens is 2. The van der Waals surface area contributed by atoms with Gasteiger partial charge in [-0.2, -0.15) is 5.10 Å². The maximum absolute atomic E-state index is 12.5. The van der Waals surface area contributed by atoms with E-state index in [1.807, 2.05) is 27.8 Å². The molecule has 1 aromatic rings. The Labute approximate surface area is 112 Å². The van der Waals surface area contributed by atoms with Gasteiger partial charge >= 0.3 is 0 Å². The fourth-order valence-electron chi connectivity index (χ4n) is 1.94. The minimum Gasteiger partial charge on any atom is -0.409 e. The van der Waals surface area contributed by atoms with Crippen LogP contribution in [0.15, 0.2) is 5.16 Å². The molecule has 1 rings (SSSR count). The molecule has 1 heterocycles. The second kappa shape index (κ2) is 6.21. The molecule has 0 aliphatic heterocycles. The maximum atomic E-state index is 12.5. The molecule has 0 spiro atoms. The van der Waals surface area contributed by atoms with E-state index >= 15 is 0 Å². The Kier molecular flexibility index (Phi) is 4.91. The van der Waals surface area contributed by atoms with Gasteiger partial charge in [-0.05, 0) is 20.8 Å². The van der Waals surface area contributed by atoms with Crippen LogP contribution in [0.25, 0.3) is 0 Å². The number of hydrogen-bond acceptors (Lipinski definition) is 4. The lowest BCUT2D eigenvalue weighted by molar-refractivity contribution is 0.0767. The van der Waals surface area contributed by atoms with Crippen LogP contribution >= 0.6 is 0 Å². The molecule has 1 amide bonds. The van der Waals surface area contributed by atoms with E-state index in [1.165, 1.54) is 0 Å². The number of amidine groups is 1. The molecular formula is C12H21N5O2. The molecule has 0 aromatic carbocycles. The van der Waals surface area contributed by atoms with Crippen LogP contribution in [0.5, 0.6) is 0 Å². The lowest BCUT2D eigenvalue weighted by atomic mass is 10.1. The normalized spacial score (nSPS) is 11.7. The Morgan fingerprint density at radius 2 is 2.16 bits per heavy atom. The van der Waals surface area contributed by atoms with Crippen LogP contribution in [0, 0.1) is 13.8 Å². The Balaban J connectivity index is 2.90. The molecule has 0 radical (unpaired) electrons. The zero-order valence-electron chi connectivity index (χ0n) is 11.8. The number of carbonyl (C=O) groups is 1. The molecule has 0 unspecified atom stereocenters. The van der Waals surface area contributed by atoms with E-state index in [1.54, 1.807) is 9.58 Å². The smallest absolute Gasteiger partial charge is 0.257 e. The second-order valence-corrected chi connectivity index (χ2v) is 4.40. The SMILES string of the molecule is CCN(CC/C(N)=N/O)C(=O)c1c(C)nn(C)c1C. The van der Waals surface area contributed by atoms with Gasteiger partial charge in [0.05, 0.1) is 11.3 Å². The standard InChI is InChI=1S/C12H21N5O2/c1-5-17(7-6-10(13)15-19)12(18)11-8(2)14-16(4)9(11)3/h19H,5-7H2,1-4H3,(H2,13,15). The number of nitrogens with zero attached hydrogens (tertiary/aromatic N) is 4. The van der Waals surface area contributed by atoms with Crippen molar-refractivity contribution < 1.29 is 10.0 Å². The van der Waals surface area contributed by atoms with Crippen molar-refractivity contribution in [3.8, 4) is 0 Å². The molecule has 106 valence electrons. The lowest BCUT2D eigenvalue weighted by Gasteiger charge is -2.20. The summed E-state index contributed by atoms with van der Waals surface area (Å²) in [6, 6.07) is 0. The Morgan fingerprint density at radius 1 is 1.53 bits per heavy atom. The monoisotopic (exact) mass is 267 g/mol. The molecule has 7 heteroatoms. The number of rotatable bonds is 5. The minimum atomic E-state index is -0.0728. The molecule has 0 bridgehead atoms. The van der Waals surface area contributed by atoms with Gasteiger partial charge in [0.1, 0.15) is 5.84 Å². The van der Waals surface area contributed by atoms with E-state index in [-0.39, 0.29) is 11.7 Å². The number of oxime groups is 1. The van der Waals surface area contributed by atoms with Gasteiger partial charge in [-0.15, -0.1) is 0 Å². The van der Waals surface area contributed by atoms with E-state index in [0.717, 1.165) is 5.69 Å². The summed E-state index contributed by atoms with van der Waals surface area (Å²) in [5, 5.41) is 15.7. The summed E-state index contributed by atoms with van der Waals surface area (Å²) in [5.74, 6) is 0.0437. The third-order valence-corrected chi connectivity index (χ3v) is 3.16. The highest BCUT2D eigenvalue weighted by Gasteiger charge is 2.22. The van der Waals surface area contributed by atoms with Gasteiger partial charge < -0.3 is 15.8 Å². The van der Waals surface area contributed by atoms with Crippen LogP contribution in [0.4, 0.5) is 0 Å². The molecule has 0 saturated heterocycles. The first-order valence-corrected chi connectivity index (χ1v) is 6.18. The topological polar surface area (TPSA) is 96.7 Å². The van der Waals surface area contributed by atoms with Gasteiger partial charge in [0.25, 0.3) is 5.91 Å². The molecule has 0 saturated carbocycles. The zero-order valence-corrected chi connectivity index (χ0v) is 11.8. The fraction of sp³-hybridized carbons (Fsp3) is 0.583. The summed E-state index contributed by atoms with van der Waals surface area (Å²) in [5.41, 5.74) is 7.61. The van der Waals surface area contributed by atoms with Crippen LogP contribution in [-0.4, -0.2) is 44.7 Å². The van der Waals surface area contributed by atoms with Crippen LogP contribution in [-0.2, 0) is 7.05 Å². The van der Waals surface area contributed by atoms with Crippen molar-refractivity contribution in [2.24, 2.45) is 17.9 Å². The summed E-state index contributed by atoms with van der Waals surface area (Å²) < 4.78 is 1.69. The summed E-state index contributed by atoms with van der Waals surface area (Å²) in [7, 11) is 1.81. The Hall–Kier alpha value is -2.05. The van der Waals surface area contributed by atoms with E-state index in [9.17, 15) is 4.79 Å². The van der Waals surface area contributed by atoms with Crippen molar-refractivity contribution in [3.05, 3.63) is 17.0 Å². The lowest BCUT2D eigenvalue weighted by Crippen LogP contribution is -2.34. The average molecular weight is 267 g/mol. The first-order chi connectivity index (χ1) is 8.92. The molecule has 19 heavy (non-hydrogen) atoms. The minimum absolute atomic E-state index is 0.0728. The highest BCUT2D eigenvalue weighted by molar-refractivity contribution is 5.96. The van der Waals surface area contributed by atoms with Crippen LogP contribution in [0.1, 0.15) is 35.1 Å². The first-order valence-electron chi connectivity index (χ1n) is 6.18. The molecule has 0 aliphatic carbocycles. The predicted molar refractivity (Wildman–Crippen MR) is 72.3 cm³/mol. The molecule has 7 nitrogen and oxygen atoms in total. The molecule has 0 atom stereocenters. The van der Waals surface area contributed by atoms with Crippen molar-refractivity contribution in [1.82, 2.24) is 14.7 Å². The van der Waals surface area contributed by atoms with E-state index < -0.39 is 0 Å². The van der Waals surface area contributed by atoms with Crippen molar-refractivity contribution in [3.63, 3.8) is 0 Å². The molecule has 3 N–H and O–H groups in total. The van der Waals surface area contributed by atoms with Crippen LogP contribution in [0.3, 0.4) is 0 Å². The average Bonchev–Trinajstić information content (AvgIpc) is 2.63. The van der Waals surface area contributed by atoms with Gasteiger partial charge in [0.15, 0.2) is 0 Å². The zero-order chi connectivity index (χ0) is 14.6. The molecule has 0 aliphatic rings. The van der Waals surface area contributed by atoms with Gasteiger partial charge in [0, 0.05) is 32.3 Å². The van der Waals surface area contributed by atoms with Crippen molar-refractivity contribution in [2.45, 2.75) is 27.2 Å². The van der Waals surface area contributed by atoms with Gasteiger partial charge in [0.2, 0.25) is 0 Å². The number of amides is 1. The first kappa shape index (κ1) is 15.0. The summed E-state index contributed by atoms with van der Waals surface area (Å²) >= 11 is 0. The molecule has 0 fully saturated rings. The third kappa shape index (κ3) is 3.24. The Morgan fingerprint density at radius 3 is 2.58 bits per heavy atom. The summed E-state index contributed by atoms with van der Waals surface area (Å²) in [6.07, 6.45) is 0.342. The van der Waals surface area contributed by atoms with Crippen molar-refractivity contribution in [2.75, 3.05) is 13.1 Å². The molecule has 1 aromatic heterocycles. The van der Waals surface area contributed by atoms with E-state index in [0.29, 0.717) is 30.8 Å². The number of aryl methyl sites for hydroxylation is 2. The van der Waals surface area contributed by atoms with Crippen LogP contribution in [0.2, 0.25) is 0 Å². The number of carbonyl (C=O) groups excluding carboxylic acids is 1. The van der Waals surface area contributed by atoms with E-state index in [2.05, 4.69) is 10.3 Å². The maximum Gasteiger partial charge on any atom is 0.257 e. The fourth-order valence-corrected chi connectivity index (χ4v) is 1.94. The predicted octanol–water partition coefficient (Wildman–Crippen LogP) is 0.636. The number of hydrogen-bond donors (Lipinski definition) is 2. The molecular weight excluding hydrogens is 246 g/mol.